The van der Waals surface area contributed by atoms with Gasteiger partial charge < -0.3 is 4.74 Å². The highest BCUT2D eigenvalue weighted by molar-refractivity contribution is 6.05. The molecule has 0 aliphatic carbocycles. The molecular formula is C17H17FO2. The van der Waals surface area contributed by atoms with Crippen LogP contribution >= 0.6 is 0 Å². The van der Waals surface area contributed by atoms with E-state index >= 15 is 0 Å². The lowest BCUT2D eigenvalue weighted by molar-refractivity contribution is 0.0905. The van der Waals surface area contributed by atoms with Gasteiger partial charge in [-0.15, -0.1) is 0 Å². The molecule has 0 amide bonds. The van der Waals surface area contributed by atoms with Crippen LogP contribution in [0.5, 0.6) is 5.75 Å². The van der Waals surface area contributed by atoms with E-state index in [4.69, 9.17) is 4.74 Å². The second-order valence-corrected chi connectivity index (χ2v) is 5.16. The molecule has 0 radical (unpaired) electrons. The van der Waals surface area contributed by atoms with Gasteiger partial charge in [0.2, 0.25) is 0 Å². The normalized spacial score (nSPS) is 11.2. The average molecular weight is 272 g/mol. The van der Waals surface area contributed by atoms with Crippen molar-refractivity contribution in [3.63, 3.8) is 0 Å². The molecule has 0 unspecified atom stereocenters. The summed E-state index contributed by atoms with van der Waals surface area (Å²) in [6, 6.07) is 13.1. The zero-order valence-corrected chi connectivity index (χ0v) is 11.8. The number of halogens is 1. The molecule has 0 aliphatic heterocycles. The van der Waals surface area contributed by atoms with E-state index in [1.165, 1.54) is 19.2 Å². The summed E-state index contributed by atoms with van der Waals surface area (Å²) in [5.41, 5.74) is 0.557. The molecular weight excluding hydrogens is 255 g/mol. The van der Waals surface area contributed by atoms with Gasteiger partial charge in [0.05, 0.1) is 18.1 Å². The standard InChI is InChI=1S/C17H17FO2/c1-17(2,12-8-10-13(18)11-9-12)16(19)14-6-4-5-7-15(14)20-3/h4-11H,1-3H3. The first-order chi connectivity index (χ1) is 9.46. The first-order valence-corrected chi connectivity index (χ1v) is 6.40. The minimum absolute atomic E-state index is 0.0541. The minimum atomic E-state index is -0.748. The van der Waals surface area contributed by atoms with Gasteiger partial charge in [0, 0.05) is 0 Å². The van der Waals surface area contributed by atoms with Crippen molar-refractivity contribution in [2.75, 3.05) is 7.11 Å². The monoisotopic (exact) mass is 272 g/mol. The van der Waals surface area contributed by atoms with Crippen molar-refractivity contribution >= 4 is 5.78 Å². The predicted octanol–water partition coefficient (Wildman–Crippen LogP) is 3.99. The lowest BCUT2D eigenvalue weighted by atomic mass is 9.78. The summed E-state index contributed by atoms with van der Waals surface area (Å²) in [6.07, 6.45) is 0. The van der Waals surface area contributed by atoms with Gasteiger partial charge in [0.25, 0.3) is 0 Å². The highest BCUT2D eigenvalue weighted by Crippen LogP contribution is 2.31. The van der Waals surface area contributed by atoms with Crippen LogP contribution in [-0.4, -0.2) is 12.9 Å². The third kappa shape index (κ3) is 2.57. The Labute approximate surface area is 118 Å². The molecule has 0 fully saturated rings. The Morgan fingerprint density at radius 1 is 1.05 bits per heavy atom. The number of methoxy groups -OCH3 is 1. The molecule has 2 aromatic carbocycles. The van der Waals surface area contributed by atoms with E-state index in [0.29, 0.717) is 11.3 Å². The van der Waals surface area contributed by atoms with E-state index in [2.05, 4.69) is 0 Å². The topological polar surface area (TPSA) is 26.3 Å². The molecule has 3 heteroatoms. The third-order valence-corrected chi connectivity index (χ3v) is 3.49. The van der Waals surface area contributed by atoms with Gasteiger partial charge in [-0.1, -0.05) is 24.3 Å². The van der Waals surface area contributed by atoms with Gasteiger partial charge >= 0.3 is 0 Å². The fourth-order valence-electron chi connectivity index (χ4n) is 2.17. The molecule has 104 valence electrons. The summed E-state index contributed by atoms with van der Waals surface area (Å²) in [5, 5.41) is 0. The predicted molar refractivity (Wildman–Crippen MR) is 76.8 cm³/mol. The zero-order chi connectivity index (χ0) is 14.8. The number of hydrogen-bond donors (Lipinski definition) is 0. The second-order valence-electron chi connectivity index (χ2n) is 5.16. The van der Waals surface area contributed by atoms with Gasteiger partial charge in [-0.3, -0.25) is 4.79 Å². The summed E-state index contributed by atoms with van der Waals surface area (Å²) in [7, 11) is 1.54. The molecule has 0 atom stereocenters. The fraction of sp³-hybridized carbons (Fsp3) is 0.235. The maximum atomic E-state index is 13.0. The van der Waals surface area contributed by atoms with Crippen LogP contribution in [0.15, 0.2) is 48.5 Å². The van der Waals surface area contributed by atoms with Gasteiger partial charge in [-0.25, -0.2) is 4.39 Å². The summed E-state index contributed by atoms with van der Waals surface area (Å²) in [5.74, 6) is 0.184. The third-order valence-electron chi connectivity index (χ3n) is 3.49. The van der Waals surface area contributed by atoms with Crippen LogP contribution in [0, 0.1) is 5.82 Å². The highest BCUT2D eigenvalue weighted by Gasteiger charge is 2.32. The van der Waals surface area contributed by atoms with Crippen molar-refractivity contribution in [3.8, 4) is 5.75 Å². The number of benzene rings is 2. The number of hydrogen-bond acceptors (Lipinski definition) is 2. The Morgan fingerprint density at radius 2 is 1.65 bits per heavy atom. The van der Waals surface area contributed by atoms with Gasteiger partial charge in [-0.05, 0) is 43.7 Å². The number of ketones is 1. The Kier molecular flexibility index (Phi) is 3.89. The lowest BCUT2D eigenvalue weighted by Gasteiger charge is -2.24. The molecule has 0 bridgehead atoms. The number of rotatable bonds is 4. The molecule has 2 rings (SSSR count). The number of Topliss-reactive ketones (excluding diaryl/α,β-unsaturated/α-hetero) is 1. The van der Waals surface area contributed by atoms with Crippen molar-refractivity contribution in [2.45, 2.75) is 19.3 Å². The van der Waals surface area contributed by atoms with Crippen LogP contribution in [0.3, 0.4) is 0 Å². The number of carbonyl (C=O) groups is 1. The number of carbonyl (C=O) groups excluding carboxylic acids is 1. The maximum Gasteiger partial charge on any atom is 0.176 e. The Bertz CT molecular complexity index is 615. The molecule has 0 spiro atoms. The second kappa shape index (κ2) is 5.45. The summed E-state index contributed by atoms with van der Waals surface area (Å²) in [6.45, 7) is 3.66. The zero-order valence-electron chi connectivity index (χ0n) is 11.8. The molecule has 20 heavy (non-hydrogen) atoms. The maximum absolute atomic E-state index is 13.0. The summed E-state index contributed by atoms with van der Waals surface area (Å²) < 4.78 is 18.2. The van der Waals surface area contributed by atoms with Gasteiger partial charge in [-0.2, -0.15) is 0 Å². The smallest absolute Gasteiger partial charge is 0.176 e. The van der Waals surface area contributed by atoms with Crippen LogP contribution in [-0.2, 0) is 5.41 Å². The Morgan fingerprint density at radius 3 is 2.25 bits per heavy atom. The first kappa shape index (κ1) is 14.3. The molecule has 0 saturated heterocycles. The number of para-hydroxylation sites is 1. The van der Waals surface area contributed by atoms with E-state index in [-0.39, 0.29) is 11.6 Å². The van der Waals surface area contributed by atoms with Crippen molar-refractivity contribution in [3.05, 3.63) is 65.5 Å². The average Bonchev–Trinajstić information content (AvgIpc) is 2.46. The fourth-order valence-corrected chi connectivity index (χ4v) is 2.17. The Balaban J connectivity index is 2.43. The SMILES string of the molecule is COc1ccccc1C(=O)C(C)(C)c1ccc(F)cc1. The molecule has 2 nitrogen and oxygen atoms in total. The van der Waals surface area contributed by atoms with E-state index in [1.807, 2.05) is 19.9 Å². The van der Waals surface area contributed by atoms with Crippen LogP contribution in [0.25, 0.3) is 0 Å². The molecule has 0 aromatic heterocycles. The van der Waals surface area contributed by atoms with Crippen molar-refractivity contribution < 1.29 is 13.9 Å². The van der Waals surface area contributed by atoms with E-state index < -0.39 is 5.41 Å². The molecule has 0 heterocycles. The lowest BCUT2D eigenvalue weighted by Crippen LogP contribution is -2.29. The van der Waals surface area contributed by atoms with Crippen LogP contribution in [0.1, 0.15) is 29.8 Å². The van der Waals surface area contributed by atoms with Crippen molar-refractivity contribution in [1.29, 1.82) is 0 Å². The van der Waals surface area contributed by atoms with Crippen molar-refractivity contribution in [2.24, 2.45) is 0 Å². The number of ether oxygens (including phenoxy) is 1. The van der Waals surface area contributed by atoms with Crippen LogP contribution in [0.2, 0.25) is 0 Å². The quantitative estimate of drug-likeness (QED) is 0.786. The summed E-state index contributed by atoms with van der Waals surface area (Å²) in [4.78, 5) is 12.8. The summed E-state index contributed by atoms with van der Waals surface area (Å²) >= 11 is 0. The first-order valence-electron chi connectivity index (χ1n) is 6.40. The van der Waals surface area contributed by atoms with Gasteiger partial charge in [0.15, 0.2) is 5.78 Å². The van der Waals surface area contributed by atoms with E-state index in [0.717, 1.165) is 5.56 Å². The molecule has 2 aromatic rings. The minimum Gasteiger partial charge on any atom is -0.496 e. The molecule has 0 aliphatic rings. The Hall–Kier alpha value is -2.16. The van der Waals surface area contributed by atoms with E-state index in [9.17, 15) is 9.18 Å². The van der Waals surface area contributed by atoms with Crippen LogP contribution in [0.4, 0.5) is 4.39 Å². The molecule has 0 N–H and O–H groups in total. The largest absolute Gasteiger partial charge is 0.496 e. The highest BCUT2D eigenvalue weighted by atomic mass is 19.1. The van der Waals surface area contributed by atoms with Crippen molar-refractivity contribution in [1.82, 2.24) is 0 Å². The molecule has 0 saturated carbocycles. The van der Waals surface area contributed by atoms with E-state index in [1.54, 1.807) is 30.3 Å². The van der Waals surface area contributed by atoms with Gasteiger partial charge in [0.1, 0.15) is 11.6 Å². The van der Waals surface area contributed by atoms with Crippen LogP contribution < -0.4 is 4.74 Å².